The Morgan fingerprint density at radius 2 is 1.48 bits per heavy atom. The molecule has 8 nitrogen and oxygen atoms in total. The molecule has 0 radical (unpaired) electrons. The van der Waals surface area contributed by atoms with Crippen molar-refractivity contribution in [1.82, 2.24) is 10.2 Å². The van der Waals surface area contributed by atoms with Gasteiger partial charge in [0.25, 0.3) is 10.0 Å². The summed E-state index contributed by atoms with van der Waals surface area (Å²) in [6.07, 6.45) is 1.25. The highest BCUT2D eigenvalue weighted by molar-refractivity contribution is 7.92. The van der Waals surface area contributed by atoms with Gasteiger partial charge in [-0.3, -0.25) is 13.9 Å². The molecule has 3 aromatic rings. The van der Waals surface area contributed by atoms with E-state index in [9.17, 15) is 18.0 Å². The number of nitrogens with zero attached hydrogens (tertiary/aromatic N) is 2. The summed E-state index contributed by atoms with van der Waals surface area (Å²) in [5, 5.41) is 2.95. The Labute approximate surface area is 238 Å². The van der Waals surface area contributed by atoms with Gasteiger partial charge < -0.3 is 15.0 Å². The maximum atomic E-state index is 14.0. The van der Waals surface area contributed by atoms with Gasteiger partial charge in [-0.05, 0) is 63.4 Å². The zero-order valence-corrected chi connectivity index (χ0v) is 24.4. The molecule has 0 heterocycles. The van der Waals surface area contributed by atoms with Crippen LogP contribution >= 0.6 is 0 Å². The molecule has 0 aliphatic heterocycles. The summed E-state index contributed by atoms with van der Waals surface area (Å²) in [6.45, 7) is 7.41. The number of hydrogen-bond donors (Lipinski definition) is 1. The summed E-state index contributed by atoms with van der Waals surface area (Å²) in [5.41, 5.74) is 1.26. The molecule has 0 aromatic heterocycles. The summed E-state index contributed by atoms with van der Waals surface area (Å²) in [6, 6.07) is 23.5. The van der Waals surface area contributed by atoms with Crippen LogP contribution in [0.4, 0.5) is 5.69 Å². The Balaban J connectivity index is 2.01. The van der Waals surface area contributed by atoms with E-state index < -0.39 is 28.5 Å². The molecule has 9 heteroatoms. The number of ether oxygens (including phenoxy) is 1. The van der Waals surface area contributed by atoms with Crippen molar-refractivity contribution in [2.24, 2.45) is 0 Å². The fourth-order valence-electron chi connectivity index (χ4n) is 4.21. The number of carbonyl (C=O) groups excluding carboxylic acids is 2. The molecule has 3 aromatic carbocycles. The minimum atomic E-state index is -4.15. The third-order valence-electron chi connectivity index (χ3n) is 6.70. The molecule has 0 aliphatic carbocycles. The minimum absolute atomic E-state index is 0.0486. The summed E-state index contributed by atoms with van der Waals surface area (Å²) >= 11 is 0. The summed E-state index contributed by atoms with van der Waals surface area (Å²) in [7, 11) is -4.15. The number of para-hydroxylation sites is 2. The second kappa shape index (κ2) is 14.5. The zero-order valence-electron chi connectivity index (χ0n) is 23.6. The monoisotopic (exact) mass is 565 g/mol. The van der Waals surface area contributed by atoms with E-state index in [1.807, 2.05) is 44.2 Å². The van der Waals surface area contributed by atoms with Gasteiger partial charge in [-0.25, -0.2) is 8.42 Å². The van der Waals surface area contributed by atoms with Gasteiger partial charge in [0.15, 0.2) is 0 Å². The smallest absolute Gasteiger partial charge is 0.264 e. The van der Waals surface area contributed by atoms with Gasteiger partial charge in [0.2, 0.25) is 11.8 Å². The van der Waals surface area contributed by atoms with Crippen LogP contribution in [0.1, 0.15) is 39.7 Å². The lowest BCUT2D eigenvalue weighted by atomic mass is 10.1. The third kappa shape index (κ3) is 7.85. The molecule has 214 valence electrons. The van der Waals surface area contributed by atoms with Gasteiger partial charge in [0.1, 0.15) is 18.3 Å². The molecule has 2 atom stereocenters. The minimum Gasteiger partial charge on any atom is -0.492 e. The predicted molar refractivity (Wildman–Crippen MR) is 158 cm³/mol. The van der Waals surface area contributed by atoms with Crippen LogP contribution in [0.5, 0.6) is 5.75 Å². The highest BCUT2D eigenvalue weighted by Gasteiger charge is 2.33. The molecule has 0 unspecified atom stereocenters. The van der Waals surface area contributed by atoms with Gasteiger partial charge in [0.05, 0.1) is 17.2 Å². The van der Waals surface area contributed by atoms with E-state index in [4.69, 9.17) is 4.74 Å². The highest BCUT2D eigenvalue weighted by atomic mass is 32.2. The number of benzene rings is 3. The fourth-order valence-corrected chi connectivity index (χ4v) is 5.66. The maximum absolute atomic E-state index is 14.0. The molecule has 0 bridgehead atoms. The summed E-state index contributed by atoms with van der Waals surface area (Å²) in [5.74, 6) is -0.438. The van der Waals surface area contributed by atoms with Gasteiger partial charge in [-0.1, -0.05) is 67.6 Å². The Morgan fingerprint density at radius 3 is 2.10 bits per heavy atom. The van der Waals surface area contributed by atoms with Crippen molar-refractivity contribution in [3.8, 4) is 5.75 Å². The topological polar surface area (TPSA) is 96.0 Å². The van der Waals surface area contributed by atoms with Crippen molar-refractivity contribution < 1.29 is 22.7 Å². The molecule has 0 saturated heterocycles. The maximum Gasteiger partial charge on any atom is 0.264 e. The van der Waals surface area contributed by atoms with E-state index in [0.29, 0.717) is 18.8 Å². The van der Waals surface area contributed by atoms with Crippen LogP contribution < -0.4 is 14.4 Å². The van der Waals surface area contributed by atoms with Crippen molar-refractivity contribution in [1.29, 1.82) is 0 Å². The van der Waals surface area contributed by atoms with Crippen LogP contribution in [-0.2, 0) is 26.0 Å². The van der Waals surface area contributed by atoms with Crippen molar-refractivity contribution in [2.75, 3.05) is 24.0 Å². The molecular weight excluding hydrogens is 526 g/mol. The van der Waals surface area contributed by atoms with Crippen LogP contribution in [-0.4, -0.2) is 56.9 Å². The second-order valence-corrected chi connectivity index (χ2v) is 11.4. The SMILES string of the molecule is CCOc1ccccc1N(CC(=O)N(CCc1ccccc1)[C@@H](C)C(=O)N[C@H](C)CC)S(=O)(=O)c1ccccc1. The number of carbonyl (C=O) groups is 2. The van der Waals surface area contributed by atoms with Gasteiger partial charge in [-0.2, -0.15) is 0 Å². The van der Waals surface area contributed by atoms with Crippen LogP contribution in [0.25, 0.3) is 0 Å². The molecule has 2 amide bonds. The summed E-state index contributed by atoms with van der Waals surface area (Å²) < 4.78 is 34.7. The molecule has 40 heavy (non-hydrogen) atoms. The zero-order chi connectivity index (χ0) is 29.1. The molecule has 0 fully saturated rings. The first-order valence-corrected chi connectivity index (χ1v) is 15.1. The van der Waals surface area contributed by atoms with Crippen LogP contribution in [0, 0.1) is 0 Å². The lowest BCUT2D eigenvalue weighted by molar-refractivity contribution is -0.139. The first-order valence-electron chi connectivity index (χ1n) is 13.6. The van der Waals surface area contributed by atoms with Crippen molar-refractivity contribution in [3.05, 3.63) is 90.5 Å². The number of hydrogen-bond acceptors (Lipinski definition) is 5. The number of nitrogens with one attached hydrogen (secondary N) is 1. The number of amides is 2. The van der Waals surface area contributed by atoms with Crippen molar-refractivity contribution in [2.45, 2.75) is 57.5 Å². The van der Waals surface area contributed by atoms with E-state index in [-0.39, 0.29) is 29.1 Å². The first-order chi connectivity index (χ1) is 19.2. The molecule has 0 spiro atoms. The number of rotatable bonds is 14. The van der Waals surface area contributed by atoms with Crippen LogP contribution in [0.2, 0.25) is 0 Å². The Hall–Kier alpha value is -3.85. The highest BCUT2D eigenvalue weighted by Crippen LogP contribution is 2.32. The van der Waals surface area contributed by atoms with Crippen molar-refractivity contribution in [3.63, 3.8) is 0 Å². The molecule has 1 N–H and O–H groups in total. The molecule has 3 rings (SSSR count). The van der Waals surface area contributed by atoms with E-state index >= 15 is 0 Å². The van der Waals surface area contributed by atoms with E-state index in [1.165, 1.54) is 17.0 Å². The van der Waals surface area contributed by atoms with E-state index in [0.717, 1.165) is 16.3 Å². The van der Waals surface area contributed by atoms with Crippen molar-refractivity contribution >= 4 is 27.5 Å². The lowest BCUT2D eigenvalue weighted by Gasteiger charge is -2.32. The fraction of sp³-hybridized carbons (Fsp3) is 0.355. The second-order valence-electron chi connectivity index (χ2n) is 9.54. The normalized spacial score (nSPS) is 12.7. The Bertz CT molecular complexity index is 1350. The largest absolute Gasteiger partial charge is 0.492 e. The van der Waals surface area contributed by atoms with Crippen LogP contribution in [0.15, 0.2) is 89.8 Å². The predicted octanol–water partition coefficient (Wildman–Crippen LogP) is 4.66. The van der Waals surface area contributed by atoms with Gasteiger partial charge >= 0.3 is 0 Å². The van der Waals surface area contributed by atoms with E-state index in [1.54, 1.807) is 56.3 Å². The Kier molecular flexibility index (Phi) is 11.1. The Morgan fingerprint density at radius 1 is 0.875 bits per heavy atom. The number of anilines is 1. The van der Waals surface area contributed by atoms with Crippen LogP contribution in [0.3, 0.4) is 0 Å². The average molecular weight is 566 g/mol. The lowest BCUT2D eigenvalue weighted by Crippen LogP contribution is -2.53. The third-order valence-corrected chi connectivity index (χ3v) is 8.47. The molecule has 0 saturated carbocycles. The molecular formula is C31H39N3O5S. The quantitative estimate of drug-likeness (QED) is 0.307. The van der Waals surface area contributed by atoms with E-state index in [2.05, 4.69) is 5.32 Å². The van der Waals surface area contributed by atoms with Gasteiger partial charge in [0, 0.05) is 12.6 Å². The first kappa shape index (κ1) is 30.7. The van der Waals surface area contributed by atoms with Gasteiger partial charge in [-0.15, -0.1) is 0 Å². The standard InChI is InChI=1S/C31H39N3O5S/c1-5-24(3)32-31(36)25(4)33(22-21-26-15-9-7-10-16-26)30(35)23-34(28-19-13-14-20-29(28)39-6-2)40(37,38)27-17-11-8-12-18-27/h7-20,24-25H,5-6,21-23H2,1-4H3,(H,32,36)/t24-,25+/m1/s1. The molecule has 0 aliphatic rings. The summed E-state index contributed by atoms with van der Waals surface area (Å²) in [4.78, 5) is 28.6. The average Bonchev–Trinajstić information content (AvgIpc) is 2.97. The number of sulfonamides is 1.